The van der Waals surface area contributed by atoms with Crippen LogP contribution in [0.25, 0.3) is 22.3 Å². The first kappa shape index (κ1) is 56.0. The Bertz CT molecular complexity index is 3160. The van der Waals surface area contributed by atoms with Gasteiger partial charge in [0.05, 0.1) is 65.2 Å². The maximum atomic E-state index is 11.9. The summed E-state index contributed by atoms with van der Waals surface area (Å²) in [6.45, 7) is 0. The Kier molecular flexibility index (Phi) is 17.7. The zero-order chi connectivity index (χ0) is 45.3. The van der Waals surface area contributed by atoms with Crippen LogP contribution >= 0.6 is 0 Å². The molecule has 68 heavy (non-hydrogen) atoms. The van der Waals surface area contributed by atoms with Crippen molar-refractivity contribution >= 4 is 85.6 Å². The Hall–Kier alpha value is -2.88. The fourth-order valence-electron chi connectivity index (χ4n) is 7.42. The normalized spacial score (nSPS) is 16.4. The van der Waals surface area contributed by atoms with Crippen molar-refractivity contribution < 1.29 is 170 Å². The average Bonchev–Trinajstić information content (AvgIpc) is 4.08. The van der Waals surface area contributed by atoms with Gasteiger partial charge >= 0.3 is 118 Å². The molecule has 0 amide bonds. The van der Waals surface area contributed by atoms with E-state index in [9.17, 15) is 51.9 Å². The summed E-state index contributed by atoms with van der Waals surface area (Å²) >= 11 is 0. The summed E-state index contributed by atoms with van der Waals surface area (Å²) in [5.41, 5.74) is 5.63. The second-order valence-corrected chi connectivity index (χ2v) is 19.8. The molecule has 0 fully saturated rings. The monoisotopic (exact) mass is 1020 g/mol. The number of rotatable bonds is 8. The van der Waals surface area contributed by atoms with Gasteiger partial charge < -0.3 is 18.2 Å². The van der Waals surface area contributed by atoms with E-state index in [-0.39, 0.29) is 118 Å². The second-order valence-electron chi connectivity index (χ2n) is 14.3. The summed E-state index contributed by atoms with van der Waals surface area (Å²) in [5.74, 6) is 0. The molecule has 24 heteroatoms. The van der Waals surface area contributed by atoms with Crippen LogP contribution in [0.3, 0.4) is 0 Å². The van der Waals surface area contributed by atoms with Gasteiger partial charge in [0.1, 0.15) is 40.5 Å². The summed E-state index contributed by atoms with van der Waals surface area (Å²) in [6.07, 6.45) is 13.3. The maximum Gasteiger partial charge on any atom is 1.00 e. The molecular weight excluding hydrogens is 997 g/mol. The van der Waals surface area contributed by atoms with Crippen LogP contribution in [0.15, 0.2) is 208 Å². The van der Waals surface area contributed by atoms with Gasteiger partial charge in [-0.3, -0.25) is 0 Å². The number of benzene rings is 4. The molecule has 0 unspecified atom stereocenters. The second kappa shape index (κ2) is 21.5. The van der Waals surface area contributed by atoms with Crippen molar-refractivity contribution in [3.05, 3.63) is 191 Å². The van der Waals surface area contributed by atoms with Crippen molar-refractivity contribution in [1.82, 2.24) is 0 Å². The predicted octanol–water partition coefficient (Wildman–Crippen LogP) is -6.68. The van der Waals surface area contributed by atoms with Crippen LogP contribution in [0.2, 0.25) is 0 Å². The van der Waals surface area contributed by atoms with E-state index in [1.807, 2.05) is 0 Å². The molecule has 5 aliphatic heterocycles. The molecule has 0 spiro atoms. The summed E-state index contributed by atoms with van der Waals surface area (Å²) in [7, 11) is -19.3. The third-order valence-electron chi connectivity index (χ3n) is 10.3. The Labute approximate surface area is 479 Å². The van der Waals surface area contributed by atoms with E-state index in [0.717, 1.165) is 48.5 Å². The fourth-order valence-corrected chi connectivity index (χ4v) is 9.30. The first-order valence-electron chi connectivity index (χ1n) is 18.5. The Balaban J connectivity index is 0.00000216. The molecule has 320 valence electrons. The molecule has 16 nitrogen and oxygen atoms in total. The van der Waals surface area contributed by atoms with Gasteiger partial charge in [-0.25, -0.2) is 53.6 Å². The standard InChI is InChI=1S/C44H28N4O12S4.4Na/c49-61(50,51)29-9-1-25(2-10-29)41-33-17-19-35(45-33)42(26-3-11-30(12-4-26)62(52,53)54)37-21-23-39(47-37)44(28-7-15-32(16-8-28)64(58,59)60)40-24-22-38(48-40)43(36-20-18-34(41)46-36)27-5-13-31(14-6-27)63(55,56)57;;;;/h1-24H,(H,49,50,51)(H,52,53,54)(H,55,56,57)(H,58,59,60);;;;/q;4*+1/p-4. The van der Waals surface area contributed by atoms with E-state index in [1.54, 1.807) is 48.6 Å². The van der Waals surface area contributed by atoms with Gasteiger partial charge in [-0.15, -0.1) is 0 Å². The zero-order valence-electron chi connectivity index (χ0n) is 36.2. The molecule has 0 aromatic heterocycles. The Morgan fingerprint density at radius 2 is 0.426 bits per heavy atom. The quantitative estimate of drug-likeness (QED) is 0.118. The molecule has 0 saturated heterocycles. The number of nitrogens with zero attached hydrogens (tertiary/aromatic N) is 4. The number of fused-ring (bicyclic) bond motifs is 4. The molecule has 0 aliphatic carbocycles. The molecule has 0 radical (unpaired) electrons. The van der Waals surface area contributed by atoms with E-state index < -0.39 is 60.1 Å². The van der Waals surface area contributed by atoms with Crippen molar-refractivity contribution in [3.8, 4) is 0 Å². The average molecular weight is 1020 g/mol. The minimum atomic E-state index is -4.82. The summed E-state index contributed by atoms with van der Waals surface area (Å²) in [4.78, 5) is 18.0. The SMILES string of the molecule is O=S(=O)([O-])c1ccc(C2=C3C=CC(=N3)C(c3ccc(S(=O)(=O)[O-])cc3)=C3C=CC(=N3)C(c3ccc(S(=O)(=O)[O-])cc3)=C3C=CC(=N3)C(c3ccc(S(=O)(=O)[O-])cc3)=C3C=CC2=N3)cc1.[Na+].[Na+].[Na+].[Na+]. The Morgan fingerprint density at radius 1 is 0.265 bits per heavy atom. The molecule has 4 aromatic rings. The van der Waals surface area contributed by atoms with Crippen LogP contribution < -0.4 is 118 Å². The van der Waals surface area contributed by atoms with Crippen LogP contribution in [-0.4, -0.2) is 74.7 Å². The van der Waals surface area contributed by atoms with Crippen molar-refractivity contribution in [3.63, 3.8) is 0 Å². The van der Waals surface area contributed by atoms with Crippen LogP contribution in [0.4, 0.5) is 0 Å². The van der Waals surface area contributed by atoms with Gasteiger partial charge in [-0.05, 0) is 119 Å². The third-order valence-corrected chi connectivity index (χ3v) is 13.7. The van der Waals surface area contributed by atoms with Crippen LogP contribution in [0.5, 0.6) is 0 Å². The van der Waals surface area contributed by atoms with Crippen LogP contribution in [0, 0.1) is 0 Å². The zero-order valence-corrected chi connectivity index (χ0v) is 47.4. The molecule has 5 aliphatic rings. The van der Waals surface area contributed by atoms with Gasteiger partial charge in [0, 0.05) is 22.3 Å². The van der Waals surface area contributed by atoms with Gasteiger partial charge in [0.2, 0.25) is 0 Å². The smallest absolute Gasteiger partial charge is 0.744 e. The molecule has 8 bridgehead atoms. The number of aliphatic imine (C=N–C) groups is 4. The minimum absolute atomic E-state index is 0. The van der Waals surface area contributed by atoms with Crippen molar-refractivity contribution in [2.24, 2.45) is 20.0 Å². The largest absolute Gasteiger partial charge is 1.00 e. The van der Waals surface area contributed by atoms with E-state index in [0.29, 0.717) is 90.2 Å². The molecule has 9 rings (SSSR count). The van der Waals surface area contributed by atoms with Crippen LogP contribution in [-0.2, 0) is 40.5 Å². The van der Waals surface area contributed by atoms with Crippen molar-refractivity contribution in [1.29, 1.82) is 0 Å². The number of hydrogen-bond acceptors (Lipinski definition) is 16. The molecule has 4 aromatic carbocycles. The first-order valence-corrected chi connectivity index (χ1v) is 24.2. The predicted molar refractivity (Wildman–Crippen MR) is 232 cm³/mol. The van der Waals surface area contributed by atoms with E-state index >= 15 is 0 Å². The van der Waals surface area contributed by atoms with E-state index in [4.69, 9.17) is 20.0 Å². The molecule has 5 heterocycles. The number of allylic oxidation sites excluding steroid dienone is 12. The molecule has 0 N–H and O–H groups in total. The third kappa shape index (κ3) is 11.6. The first-order chi connectivity index (χ1) is 30.2. The molecular formula is C44H24N4Na4O12S4. The van der Waals surface area contributed by atoms with Gasteiger partial charge in [-0.2, -0.15) is 0 Å². The summed E-state index contributed by atoms with van der Waals surface area (Å²) in [6, 6.07) is 20.6. The maximum absolute atomic E-state index is 11.9. The van der Waals surface area contributed by atoms with Crippen molar-refractivity contribution in [2.75, 3.05) is 0 Å². The fraction of sp³-hybridized carbons (Fsp3) is 0. The minimum Gasteiger partial charge on any atom is -0.744 e. The number of hydrogen-bond donors (Lipinski definition) is 0. The Morgan fingerprint density at radius 3 is 0.574 bits per heavy atom. The van der Waals surface area contributed by atoms with Gasteiger partial charge in [0.15, 0.2) is 0 Å². The van der Waals surface area contributed by atoms with E-state index in [1.165, 1.54) is 48.5 Å². The van der Waals surface area contributed by atoms with Crippen molar-refractivity contribution in [2.45, 2.75) is 19.6 Å². The molecule has 0 atom stereocenters. The van der Waals surface area contributed by atoms with Crippen LogP contribution in [0.1, 0.15) is 22.3 Å². The topological polar surface area (TPSA) is 278 Å². The molecule has 0 saturated carbocycles. The summed E-state index contributed by atoms with van der Waals surface area (Å²) < 4.78 is 143. The van der Waals surface area contributed by atoms with Gasteiger partial charge in [0.25, 0.3) is 0 Å². The summed E-state index contributed by atoms with van der Waals surface area (Å²) in [5, 5.41) is 0. The van der Waals surface area contributed by atoms with E-state index in [2.05, 4.69) is 0 Å². The van der Waals surface area contributed by atoms with Gasteiger partial charge in [-0.1, -0.05) is 48.5 Å².